The average Bonchev–Trinajstić information content (AvgIpc) is 2.98. The Hall–Kier alpha value is -2.96. The molecule has 0 unspecified atom stereocenters. The highest BCUT2D eigenvalue weighted by Crippen LogP contribution is 2.35. The standard InChI is InChI=1S/C20H19F3N2O2/c1-27-14-9-10-17-16(11-14)15(3-2-4-18(24)26)19(25-17)12-5-7-13(8-6-12)20(21,22)23/h5-11,25H,2-4H2,1H3,(H2,24,26). The van der Waals surface area contributed by atoms with E-state index in [0.29, 0.717) is 24.2 Å². The molecule has 0 atom stereocenters. The van der Waals surface area contributed by atoms with Crippen molar-refractivity contribution in [1.82, 2.24) is 4.98 Å². The van der Waals surface area contributed by atoms with E-state index in [-0.39, 0.29) is 12.3 Å². The number of alkyl halides is 3. The summed E-state index contributed by atoms with van der Waals surface area (Å²) in [7, 11) is 1.57. The molecule has 142 valence electrons. The Balaban J connectivity index is 2.06. The van der Waals surface area contributed by atoms with Gasteiger partial charge in [-0.3, -0.25) is 4.79 Å². The molecule has 0 aliphatic heterocycles. The number of hydrogen-bond donors (Lipinski definition) is 2. The Kier molecular flexibility index (Phi) is 5.12. The van der Waals surface area contributed by atoms with Crippen molar-refractivity contribution in [2.75, 3.05) is 7.11 Å². The molecule has 3 rings (SSSR count). The maximum Gasteiger partial charge on any atom is 0.416 e. The van der Waals surface area contributed by atoms with Crippen LogP contribution in [0.5, 0.6) is 5.75 Å². The Labute approximate surface area is 154 Å². The van der Waals surface area contributed by atoms with Gasteiger partial charge in [-0.1, -0.05) is 12.1 Å². The predicted molar refractivity (Wildman–Crippen MR) is 97.4 cm³/mol. The molecule has 27 heavy (non-hydrogen) atoms. The number of methoxy groups -OCH3 is 1. The fourth-order valence-electron chi connectivity index (χ4n) is 3.13. The molecular formula is C20H19F3N2O2. The third kappa shape index (κ3) is 4.07. The molecule has 0 saturated heterocycles. The third-order valence-electron chi connectivity index (χ3n) is 4.46. The number of nitrogens with one attached hydrogen (secondary N) is 1. The summed E-state index contributed by atoms with van der Waals surface area (Å²) in [4.78, 5) is 14.3. The number of carbonyl (C=O) groups is 1. The lowest BCUT2D eigenvalue weighted by molar-refractivity contribution is -0.137. The van der Waals surface area contributed by atoms with E-state index in [9.17, 15) is 18.0 Å². The highest BCUT2D eigenvalue weighted by atomic mass is 19.4. The van der Waals surface area contributed by atoms with Gasteiger partial charge in [-0.2, -0.15) is 13.2 Å². The van der Waals surface area contributed by atoms with E-state index in [4.69, 9.17) is 10.5 Å². The molecule has 1 amide bonds. The molecular weight excluding hydrogens is 357 g/mol. The quantitative estimate of drug-likeness (QED) is 0.656. The number of hydrogen-bond acceptors (Lipinski definition) is 2. The second kappa shape index (κ2) is 7.34. The minimum Gasteiger partial charge on any atom is -0.497 e. The number of aryl methyl sites for hydroxylation is 1. The Morgan fingerprint density at radius 2 is 1.85 bits per heavy atom. The lowest BCUT2D eigenvalue weighted by Gasteiger charge is -2.09. The van der Waals surface area contributed by atoms with Crippen LogP contribution in [0.25, 0.3) is 22.2 Å². The number of halogens is 3. The highest BCUT2D eigenvalue weighted by Gasteiger charge is 2.30. The molecule has 0 saturated carbocycles. The number of primary amides is 1. The van der Waals surface area contributed by atoms with E-state index in [1.807, 2.05) is 18.2 Å². The number of H-pyrrole nitrogens is 1. The molecule has 0 aliphatic carbocycles. The van der Waals surface area contributed by atoms with Gasteiger partial charge >= 0.3 is 6.18 Å². The van der Waals surface area contributed by atoms with E-state index in [1.54, 1.807) is 7.11 Å². The molecule has 0 fully saturated rings. The van der Waals surface area contributed by atoms with Gasteiger partial charge in [0.15, 0.2) is 0 Å². The average molecular weight is 376 g/mol. The zero-order valence-corrected chi connectivity index (χ0v) is 14.7. The van der Waals surface area contributed by atoms with Crippen molar-refractivity contribution in [3.05, 3.63) is 53.6 Å². The molecule has 0 spiro atoms. The normalized spacial score (nSPS) is 11.7. The van der Waals surface area contributed by atoms with E-state index in [0.717, 1.165) is 34.3 Å². The first-order chi connectivity index (χ1) is 12.8. The van der Waals surface area contributed by atoms with E-state index in [2.05, 4.69) is 4.98 Å². The van der Waals surface area contributed by atoms with E-state index < -0.39 is 11.7 Å². The number of benzene rings is 2. The van der Waals surface area contributed by atoms with Crippen molar-refractivity contribution in [3.8, 4) is 17.0 Å². The van der Waals surface area contributed by atoms with Crippen LogP contribution in [-0.2, 0) is 17.4 Å². The minimum absolute atomic E-state index is 0.239. The first-order valence-corrected chi connectivity index (χ1v) is 8.44. The number of ether oxygens (including phenoxy) is 1. The van der Waals surface area contributed by atoms with Gasteiger partial charge in [0, 0.05) is 23.0 Å². The van der Waals surface area contributed by atoms with Crippen LogP contribution in [0.15, 0.2) is 42.5 Å². The summed E-state index contributed by atoms with van der Waals surface area (Å²) in [6.07, 6.45) is -3.03. The summed E-state index contributed by atoms with van der Waals surface area (Å²) < 4.78 is 43.8. The predicted octanol–water partition coefficient (Wildman–Crippen LogP) is 4.67. The monoisotopic (exact) mass is 376 g/mol. The van der Waals surface area contributed by atoms with Crippen molar-refractivity contribution >= 4 is 16.8 Å². The van der Waals surface area contributed by atoms with E-state index in [1.165, 1.54) is 12.1 Å². The first kappa shape index (κ1) is 18.8. The number of aromatic amines is 1. The first-order valence-electron chi connectivity index (χ1n) is 8.44. The number of carbonyl (C=O) groups excluding carboxylic acids is 1. The zero-order valence-electron chi connectivity index (χ0n) is 14.7. The largest absolute Gasteiger partial charge is 0.497 e. The van der Waals surface area contributed by atoms with Gasteiger partial charge in [0.25, 0.3) is 0 Å². The van der Waals surface area contributed by atoms with Crippen molar-refractivity contribution in [2.45, 2.75) is 25.4 Å². The molecule has 0 aliphatic rings. The van der Waals surface area contributed by atoms with Crippen LogP contribution in [0, 0.1) is 0 Å². The summed E-state index contributed by atoms with van der Waals surface area (Å²) in [6, 6.07) is 10.6. The number of amides is 1. The minimum atomic E-state index is -4.38. The van der Waals surface area contributed by atoms with Crippen molar-refractivity contribution in [2.24, 2.45) is 5.73 Å². The van der Waals surface area contributed by atoms with Crippen LogP contribution in [0.3, 0.4) is 0 Å². The second-order valence-corrected chi connectivity index (χ2v) is 6.29. The molecule has 3 N–H and O–H groups in total. The highest BCUT2D eigenvalue weighted by molar-refractivity contribution is 5.92. The molecule has 4 nitrogen and oxygen atoms in total. The molecule has 0 bridgehead atoms. The van der Waals surface area contributed by atoms with Crippen LogP contribution in [-0.4, -0.2) is 18.0 Å². The van der Waals surface area contributed by atoms with Crippen molar-refractivity contribution in [3.63, 3.8) is 0 Å². The maximum atomic E-state index is 12.8. The topological polar surface area (TPSA) is 68.1 Å². The SMILES string of the molecule is COc1ccc2[nH]c(-c3ccc(C(F)(F)F)cc3)c(CCCC(N)=O)c2c1. The molecule has 0 radical (unpaired) electrons. The molecule has 7 heteroatoms. The number of fused-ring (bicyclic) bond motifs is 1. The van der Waals surface area contributed by atoms with Crippen LogP contribution in [0.2, 0.25) is 0 Å². The van der Waals surface area contributed by atoms with Crippen molar-refractivity contribution < 1.29 is 22.7 Å². The lowest BCUT2D eigenvalue weighted by Crippen LogP contribution is -2.10. The van der Waals surface area contributed by atoms with Gasteiger partial charge < -0.3 is 15.5 Å². The lowest BCUT2D eigenvalue weighted by atomic mass is 9.99. The third-order valence-corrected chi connectivity index (χ3v) is 4.46. The Bertz CT molecular complexity index is 960. The van der Waals surface area contributed by atoms with Gasteiger partial charge in [-0.25, -0.2) is 0 Å². The molecule has 1 aromatic heterocycles. The van der Waals surface area contributed by atoms with E-state index >= 15 is 0 Å². The van der Waals surface area contributed by atoms with Gasteiger partial charge in [-0.15, -0.1) is 0 Å². The van der Waals surface area contributed by atoms with Gasteiger partial charge in [0.1, 0.15) is 5.75 Å². The van der Waals surface area contributed by atoms with Crippen molar-refractivity contribution in [1.29, 1.82) is 0 Å². The van der Waals surface area contributed by atoms with Gasteiger partial charge in [0.2, 0.25) is 5.91 Å². The molecule has 2 aromatic carbocycles. The summed E-state index contributed by atoms with van der Waals surface area (Å²) in [6.45, 7) is 0. The summed E-state index contributed by atoms with van der Waals surface area (Å²) in [5.41, 5.74) is 7.68. The summed E-state index contributed by atoms with van der Waals surface area (Å²) in [5.74, 6) is 0.292. The zero-order chi connectivity index (χ0) is 19.6. The Morgan fingerprint density at radius 3 is 2.44 bits per heavy atom. The number of rotatable bonds is 6. The second-order valence-electron chi connectivity index (χ2n) is 6.29. The fourth-order valence-corrected chi connectivity index (χ4v) is 3.13. The van der Waals surface area contributed by atoms with Crippen LogP contribution < -0.4 is 10.5 Å². The molecule has 3 aromatic rings. The van der Waals surface area contributed by atoms with Crippen LogP contribution in [0.1, 0.15) is 24.0 Å². The maximum absolute atomic E-state index is 12.8. The van der Waals surface area contributed by atoms with Crippen LogP contribution >= 0.6 is 0 Å². The molecule has 1 heterocycles. The number of nitrogens with two attached hydrogens (primary N) is 1. The smallest absolute Gasteiger partial charge is 0.416 e. The van der Waals surface area contributed by atoms with Gasteiger partial charge in [0.05, 0.1) is 12.7 Å². The summed E-state index contributed by atoms with van der Waals surface area (Å²) in [5, 5.41) is 0.911. The van der Waals surface area contributed by atoms with Crippen LogP contribution in [0.4, 0.5) is 13.2 Å². The number of aromatic nitrogens is 1. The summed E-state index contributed by atoms with van der Waals surface area (Å²) >= 11 is 0. The van der Waals surface area contributed by atoms with Gasteiger partial charge in [-0.05, 0) is 54.3 Å². The fraction of sp³-hybridized carbons (Fsp3) is 0.250. The Morgan fingerprint density at radius 1 is 1.15 bits per heavy atom.